The van der Waals surface area contributed by atoms with Gasteiger partial charge in [0.25, 0.3) is 0 Å². The van der Waals surface area contributed by atoms with E-state index in [4.69, 9.17) is 11.6 Å². The summed E-state index contributed by atoms with van der Waals surface area (Å²) in [6.07, 6.45) is 7.27. The smallest absolute Gasteiger partial charge is 0.0634 e. The lowest BCUT2D eigenvalue weighted by molar-refractivity contribution is 0.0960. The van der Waals surface area contributed by atoms with Crippen LogP contribution < -0.4 is 5.32 Å². The summed E-state index contributed by atoms with van der Waals surface area (Å²) in [6.45, 7) is 10.0. The minimum Gasteiger partial charge on any atom is -0.311 e. The Morgan fingerprint density at radius 2 is 2.29 bits per heavy atom. The Hall–Kier alpha value is -0.640. The first kappa shape index (κ1) is 16.7. The third kappa shape index (κ3) is 4.41. The summed E-state index contributed by atoms with van der Waals surface area (Å²) < 4.78 is 0. The van der Waals surface area contributed by atoms with Crippen molar-refractivity contribution in [2.24, 2.45) is 5.92 Å². The highest BCUT2D eigenvalue weighted by atomic mass is 35.5. The molecule has 3 unspecified atom stereocenters. The Kier molecular flexibility index (Phi) is 6.46. The SMILES string of the molecule is CCCC1CNC(C(C)CC)CN1Cc1ccncc1Cl. The van der Waals surface area contributed by atoms with Gasteiger partial charge in [0.2, 0.25) is 0 Å². The van der Waals surface area contributed by atoms with E-state index in [9.17, 15) is 0 Å². The fourth-order valence-corrected chi connectivity index (χ4v) is 3.29. The molecule has 1 aliphatic heterocycles. The second-order valence-corrected chi connectivity index (χ2v) is 6.65. The molecule has 118 valence electrons. The van der Waals surface area contributed by atoms with Crippen molar-refractivity contribution in [1.29, 1.82) is 0 Å². The van der Waals surface area contributed by atoms with E-state index in [0.717, 1.165) is 24.7 Å². The number of hydrogen-bond donors (Lipinski definition) is 1. The van der Waals surface area contributed by atoms with Gasteiger partial charge in [0.1, 0.15) is 0 Å². The van der Waals surface area contributed by atoms with E-state index in [0.29, 0.717) is 18.0 Å². The van der Waals surface area contributed by atoms with Gasteiger partial charge >= 0.3 is 0 Å². The second kappa shape index (κ2) is 8.11. The number of piperazine rings is 1. The number of aromatic nitrogens is 1. The van der Waals surface area contributed by atoms with Crippen molar-refractivity contribution in [3.63, 3.8) is 0 Å². The largest absolute Gasteiger partial charge is 0.311 e. The van der Waals surface area contributed by atoms with Crippen molar-refractivity contribution in [3.05, 3.63) is 29.0 Å². The molecule has 0 spiro atoms. The molecule has 2 rings (SSSR count). The average Bonchev–Trinajstić information content (AvgIpc) is 2.50. The van der Waals surface area contributed by atoms with Crippen LogP contribution >= 0.6 is 11.6 Å². The molecule has 2 heterocycles. The third-order valence-electron chi connectivity index (χ3n) is 4.75. The van der Waals surface area contributed by atoms with Crippen molar-refractivity contribution in [2.45, 2.75) is 58.7 Å². The number of halogens is 1. The number of hydrogen-bond acceptors (Lipinski definition) is 3. The van der Waals surface area contributed by atoms with Crippen LogP contribution in [0.25, 0.3) is 0 Å². The molecule has 3 atom stereocenters. The van der Waals surface area contributed by atoms with E-state index in [1.807, 2.05) is 12.3 Å². The van der Waals surface area contributed by atoms with Crippen molar-refractivity contribution in [1.82, 2.24) is 15.2 Å². The highest BCUT2D eigenvalue weighted by Crippen LogP contribution is 2.23. The summed E-state index contributed by atoms with van der Waals surface area (Å²) in [5.41, 5.74) is 1.19. The normalized spacial score (nSPS) is 25.0. The molecule has 1 aromatic heterocycles. The Morgan fingerprint density at radius 3 is 2.95 bits per heavy atom. The summed E-state index contributed by atoms with van der Waals surface area (Å²) in [5, 5.41) is 4.53. The molecule has 1 N–H and O–H groups in total. The standard InChI is InChI=1S/C17H28ClN3/c1-4-6-15-9-20-17(13(3)5-2)12-21(15)11-14-7-8-19-10-16(14)18/h7-8,10,13,15,17,20H,4-6,9,11-12H2,1-3H3. The van der Waals surface area contributed by atoms with E-state index in [1.165, 1.54) is 24.8 Å². The zero-order valence-corrected chi connectivity index (χ0v) is 14.2. The van der Waals surface area contributed by atoms with Crippen LogP contribution in [-0.4, -0.2) is 35.1 Å². The van der Waals surface area contributed by atoms with Crippen molar-refractivity contribution < 1.29 is 0 Å². The lowest BCUT2D eigenvalue weighted by Crippen LogP contribution is -2.57. The predicted octanol–water partition coefficient (Wildman–Crippen LogP) is 3.72. The van der Waals surface area contributed by atoms with Gasteiger partial charge in [-0.1, -0.05) is 45.2 Å². The molecule has 0 bridgehead atoms. The number of rotatable bonds is 6. The first-order valence-electron chi connectivity index (χ1n) is 8.21. The van der Waals surface area contributed by atoms with Crippen molar-refractivity contribution in [3.8, 4) is 0 Å². The van der Waals surface area contributed by atoms with Gasteiger partial charge in [-0.3, -0.25) is 9.88 Å². The molecule has 0 amide bonds. The summed E-state index contributed by atoms with van der Waals surface area (Å²) in [7, 11) is 0. The monoisotopic (exact) mass is 309 g/mol. The second-order valence-electron chi connectivity index (χ2n) is 6.24. The molecule has 0 aromatic carbocycles. The van der Waals surface area contributed by atoms with E-state index >= 15 is 0 Å². The maximum atomic E-state index is 6.29. The van der Waals surface area contributed by atoms with Crippen LogP contribution in [0, 0.1) is 5.92 Å². The fourth-order valence-electron chi connectivity index (χ4n) is 3.11. The quantitative estimate of drug-likeness (QED) is 0.868. The predicted molar refractivity (Wildman–Crippen MR) is 89.6 cm³/mol. The van der Waals surface area contributed by atoms with E-state index in [1.54, 1.807) is 6.20 Å². The van der Waals surface area contributed by atoms with Gasteiger partial charge in [-0.25, -0.2) is 0 Å². The minimum atomic E-state index is 0.587. The van der Waals surface area contributed by atoms with Gasteiger partial charge in [0.05, 0.1) is 5.02 Å². The zero-order chi connectivity index (χ0) is 15.2. The van der Waals surface area contributed by atoms with Gasteiger partial charge in [0, 0.05) is 44.1 Å². The van der Waals surface area contributed by atoms with Crippen LogP contribution in [0.15, 0.2) is 18.5 Å². The lowest BCUT2D eigenvalue weighted by Gasteiger charge is -2.42. The molecule has 4 heteroatoms. The summed E-state index contributed by atoms with van der Waals surface area (Å²) in [5.74, 6) is 0.711. The highest BCUT2D eigenvalue weighted by Gasteiger charge is 2.29. The molecular formula is C17H28ClN3. The van der Waals surface area contributed by atoms with Gasteiger partial charge in [-0.05, 0) is 24.0 Å². The van der Waals surface area contributed by atoms with Crippen LogP contribution in [0.5, 0.6) is 0 Å². The first-order chi connectivity index (χ1) is 10.2. The Labute approximate surface area is 134 Å². The minimum absolute atomic E-state index is 0.587. The molecule has 21 heavy (non-hydrogen) atoms. The van der Waals surface area contributed by atoms with Gasteiger partial charge in [0.15, 0.2) is 0 Å². The maximum Gasteiger partial charge on any atom is 0.0634 e. The lowest BCUT2D eigenvalue weighted by atomic mass is 9.94. The van der Waals surface area contributed by atoms with Gasteiger partial charge in [-0.15, -0.1) is 0 Å². The van der Waals surface area contributed by atoms with Crippen LogP contribution in [0.4, 0.5) is 0 Å². The number of pyridine rings is 1. The van der Waals surface area contributed by atoms with Crippen LogP contribution in [0.2, 0.25) is 5.02 Å². The molecule has 0 saturated carbocycles. The summed E-state index contributed by atoms with van der Waals surface area (Å²) in [4.78, 5) is 6.70. The Bertz CT molecular complexity index is 438. The summed E-state index contributed by atoms with van der Waals surface area (Å²) >= 11 is 6.29. The van der Waals surface area contributed by atoms with E-state index < -0.39 is 0 Å². The molecule has 1 aromatic rings. The molecular weight excluding hydrogens is 282 g/mol. The van der Waals surface area contributed by atoms with Crippen molar-refractivity contribution in [2.75, 3.05) is 13.1 Å². The van der Waals surface area contributed by atoms with Crippen molar-refractivity contribution >= 4 is 11.6 Å². The average molecular weight is 310 g/mol. The molecule has 1 fully saturated rings. The Morgan fingerprint density at radius 1 is 1.48 bits per heavy atom. The van der Waals surface area contributed by atoms with Gasteiger partial charge < -0.3 is 5.32 Å². The number of nitrogens with one attached hydrogen (secondary N) is 1. The first-order valence-corrected chi connectivity index (χ1v) is 8.59. The van der Waals surface area contributed by atoms with Gasteiger partial charge in [-0.2, -0.15) is 0 Å². The maximum absolute atomic E-state index is 6.29. The van der Waals surface area contributed by atoms with Crippen LogP contribution in [0.1, 0.15) is 45.6 Å². The van der Waals surface area contributed by atoms with E-state index in [2.05, 4.69) is 36.0 Å². The van der Waals surface area contributed by atoms with E-state index in [-0.39, 0.29) is 0 Å². The zero-order valence-electron chi connectivity index (χ0n) is 13.5. The molecule has 0 aliphatic carbocycles. The van der Waals surface area contributed by atoms with Crippen LogP contribution in [-0.2, 0) is 6.54 Å². The van der Waals surface area contributed by atoms with Crippen LogP contribution in [0.3, 0.4) is 0 Å². The topological polar surface area (TPSA) is 28.2 Å². The fraction of sp³-hybridized carbons (Fsp3) is 0.706. The summed E-state index contributed by atoms with van der Waals surface area (Å²) in [6, 6.07) is 3.24. The molecule has 3 nitrogen and oxygen atoms in total. The highest BCUT2D eigenvalue weighted by molar-refractivity contribution is 6.31. The molecule has 0 radical (unpaired) electrons. The Balaban J connectivity index is 2.08. The molecule has 1 aliphatic rings. The molecule has 1 saturated heterocycles. The third-order valence-corrected chi connectivity index (χ3v) is 5.09. The number of nitrogens with zero attached hydrogens (tertiary/aromatic N) is 2.